The Morgan fingerprint density at radius 1 is 1.18 bits per heavy atom. The quantitative estimate of drug-likeness (QED) is 0.408. The molecule has 3 heterocycles. The lowest BCUT2D eigenvalue weighted by Crippen LogP contribution is -2.42. The van der Waals surface area contributed by atoms with Gasteiger partial charge in [0.05, 0.1) is 19.3 Å². The third-order valence-electron chi connectivity index (χ3n) is 7.81. The van der Waals surface area contributed by atoms with E-state index in [2.05, 4.69) is 22.8 Å². The number of nitrogens with zero attached hydrogens (tertiary/aromatic N) is 2. The van der Waals surface area contributed by atoms with Crippen molar-refractivity contribution in [3.05, 3.63) is 58.4 Å². The smallest absolute Gasteiger partial charge is 0.254 e. The van der Waals surface area contributed by atoms with E-state index in [0.717, 1.165) is 22.7 Å². The standard InChI is InChI=1S/C30H35N3O4S/c1-30(2)36-26-15-21(14-25(35-3)28(26)37-30)29(34)33(16-22-13-20-11-7-8-12-23(20)31-22)17-27-32-24(18-38-27)19-9-5-4-6-10-19/h4-6,9-10,14-15,18,20,22-23,31H,7-8,11-13,16-17H2,1-3H3. The molecule has 2 aliphatic heterocycles. The van der Waals surface area contributed by atoms with Gasteiger partial charge in [-0.2, -0.15) is 0 Å². The fourth-order valence-corrected chi connectivity index (χ4v) is 6.91. The van der Waals surface area contributed by atoms with Crippen LogP contribution in [0.3, 0.4) is 0 Å². The molecule has 0 radical (unpaired) electrons. The molecule has 200 valence electrons. The lowest BCUT2D eigenvalue weighted by Gasteiger charge is -2.26. The summed E-state index contributed by atoms with van der Waals surface area (Å²) in [4.78, 5) is 20.9. The van der Waals surface area contributed by atoms with E-state index in [9.17, 15) is 4.79 Å². The van der Waals surface area contributed by atoms with Crippen LogP contribution in [0, 0.1) is 5.92 Å². The summed E-state index contributed by atoms with van der Waals surface area (Å²) in [7, 11) is 1.58. The summed E-state index contributed by atoms with van der Waals surface area (Å²) in [6, 6.07) is 14.5. The molecule has 38 heavy (non-hydrogen) atoms. The largest absolute Gasteiger partial charge is 0.493 e. The fourth-order valence-electron chi connectivity index (χ4n) is 6.09. The van der Waals surface area contributed by atoms with Gasteiger partial charge in [-0.15, -0.1) is 11.3 Å². The van der Waals surface area contributed by atoms with Gasteiger partial charge in [-0.05, 0) is 37.3 Å². The van der Waals surface area contributed by atoms with Crippen molar-refractivity contribution < 1.29 is 19.0 Å². The molecule has 1 saturated heterocycles. The van der Waals surface area contributed by atoms with Gasteiger partial charge in [-0.1, -0.05) is 43.2 Å². The molecule has 2 fully saturated rings. The maximum atomic E-state index is 14.1. The van der Waals surface area contributed by atoms with Crippen LogP contribution >= 0.6 is 11.3 Å². The minimum atomic E-state index is -0.810. The number of nitrogens with one attached hydrogen (secondary N) is 1. The van der Waals surface area contributed by atoms with Gasteiger partial charge >= 0.3 is 0 Å². The Labute approximate surface area is 228 Å². The summed E-state index contributed by atoms with van der Waals surface area (Å²) < 4.78 is 17.5. The molecule has 1 N–H and O–H groups in total. The van der Waals surface area contributed by atoms with E-state index in [1.807, 2.05) is 36.9 Å². The van der Waals surface area contributed by atoms with Crippen molar-refractivity contribution in [2.24, 2.45) is 5.92 Å². The molecule has 1 aromatic heterocycles. The number of aromatic nitrogens is 1. The number of ether oxygens (including phenoxy) is 3. The Balaban J connectivity index is 1.28. The first-order valence-electron chi connectivity index (χ1n) is 13.5. The zero-order valence-electron chi connectivity index (χ0n) is 22.2. The number of carbonyl (C=O) groups is 1. The molecule has 3 aromatic rings. The first kappa shape index (κ1) is 25.2. The predicted octanol–water partition coefficient (Wildman–Crippen LogP) is 5.89. The second-order valence-corrected chi connectivity index (χ2v) is 12.0. The second kappa shape index (κ2) is 10.2. The average molecular weight is 534 g/mol. The van der Waals surface area contributed by atoms with Gasteiger partial charge in [0, 0.05) is 49.0 Å². The fraction of sp³-hybridized carbons (Fsp3) is 0.467. The van der Waals surface area contributed by atoms with Crippen molar-refractivity contribution in [2.45, 2.75) is 70.4 Å². The summed E-state index contributed by atoms with van der Waals surface area (Å²) in [5, 5.41) is 6.83. The van der Waals surface area contributed by atoms with Gasteiger partial charge in [-0.25, -0.2) is 4.98 Å². The third-order valence-corrected chi connectivity index (χ3v) is 8.65. The van der Waals surface area contributed by atoms with Crippen LogP contribution < -0.4 is 19.5 Å². The van der Waals surface area contributed by atoms with Crippen LogP contribution in [0.25, 0.3) is 11.3 Å². The van der Waals surface area contributed by atoms with Crippen LogP contribution in [-0.2, 0) is 6.54 Å². The summed E-state index contributed by atoms with van der Waals surface area (Å²) in [6.07, 6.45) is 6.23. The van der Waals surface area contributed by atoms with Crippen molar-refractivity contribution in [1.29, 1.82) is 0 Å². The molecule has 7 nitrogen and oxygen atoms in total. The molecule has 8 heteroatoms. The number of carbonyl (C=O) groups excluding carboxylic acids is 1. The van der Waals surface area contributed by atoms with Crippen LogP contribution in [-0.4, -0.2) is 47.3 Å². The highest BCUT2D eigenvalue weighted by Gasteiger charge is 2.38. The number of hydrogen-bond donors (Lipinski definition) is 1. The van der Waals surface area contributed by atoms with Crippen molar-refractivity contribution in [3.8, 4) is 28.5 Å². The van der Waals surface area contributed by atoms with E-state index in [1.54, 1.807) is 30.6 Å². The molecule has 3 unspecified atom stereocenters. The first-order valence-corrected chi connectivity index (χ1v) is 14.4. The Morgan fingerprint density at radius 2 is 2.00 bits per heavy atom. The van der Waals surface area contributed by atoms with Gasteiger partial charge in [0.1, 0.15) is 5.01 Å². The summed E-state index contributed by atoms with van der Waals surface area (Å²) in [6.45, 7) is 4.77. The van der Waals surface area contributed by atoms with Crippen LogP contribution in [0.4, 0.5) is 0 Å². The van der Waals surface area contributed by atoms with Gasteiger partial charge in [0.15, 0.2) is 11.5 Å². The number of fused-ring (bicyclic) bond motifs is 2. The van der Waals surface area contributed by atoms with E-state index in [1.165, 1.54) is 25.7 Å². The van der Waals surface area contributed by atoms with Crippen LogP contribution in [0.1, 0.15) is 61.3 Å². The SMILES string of the molecule is COc1cc(C(=O)N(Cc2nc(-c3ccccc3)cs2)CC2CC3CCCCC3N2)cc2c1OC(C)(C)O2. The van der Waals surface area contributed by atoms with E-state index >= 15 is 0 Å². The molecular weight excluding hydrogens is 498 g/mol. The molecule has 0 spiro atoms. The number of rotatable bonds is 7. The molecule has 1 aliphatic carbocycles. The molecule has 2 aromatic carbocycles. The zero-order valence-corrected chi connectivity index (χ0v) is 23.1. The molecule has 6 rings (SSSR count). The third kappa shape index (κ3) is 5.12. The number of benzene rings is 2. The Hall–Kier alpha value is -3.10. The van der Waals surface area contributed by atoms with Crippen LogP contribution in [0.15, 0.2) is 47.8 Å². The highest BCUT2D eigenvalue weighted by molar-refractivity contribution is 7.09. The van der Waals surface area contributed by atoms with E-state index in [4.69, 9.17) is 19.2 Å². The maximum absolute atomic E-state index is 14.1. The lowest BCUT2D eigenvalue weighted by molar-refractivity contribution is -0.0439. The average Bonchev–Trinajstić information content (AvgIpc) is 3.63. The van der Waals surface area contributed by atoms with Crippen molar-refractivity contribution in [2.75, 3.05) is 13.7 Å². The van der Waals surface area contributed by atoms with Gasteiger partial charge < -0.3 is 24.4 Å². The number of amides is 1. The topological polar surface area (TPSA) is 72.9 Å². The molecule has 3 aliphatic rings. The second-order valence-electron chi connectivity index (χ2n) is 11.0. The van der Waals surface area contributed by atoms with Crippen molar-refractivity contribution in [3.63, 3.8) is 0 Å². The lowest BCUT2D eigenvalue weighted by atomic mass is 9.85. The Morgan fingerprint density at radius 3 is 2.79 bits per heavy atom. The summed E-state index contributed by atoms with van der Waals surface area (Å²) in [5.74, 6) is 1.41. The van der Waals surface area contributed by atoms with Crippen molar-refractivity contribution in [1.82, 2.24) is 15.2 Å². The van der Waals surface area contributed by atoms with Gasteiger partial charge in [0.25, 0.3) is 5.91 Å². The Bertz CT molecular complexity index is 1290. The molecule has 3 atom stereocenters. The molecule has 0 bridgehead atoms. The molecular formula is C30H35N3O4S. The normalized spacial score (nSPS) is 23.2. The number of hydrogen-bond acceptors (Lipinski definition) is 7. The highest BCUT2D eigenvalue weighted by Crippen LogP contribution is 2.47. The summed E-state index contributed by atoms with van der Waals surface area (Å²) >= 11 is 1.60. The van der Waals surface area contributed by atoms with Crippen LogP contribution in [0.5, 0.6) is 17.2 Å². The van der Waals surface area contributed by atoms with E-state index in [0.29, 0.717) is 47.9 Å². The maximum Gasteiger partial charge on any atom is 0.254 e. The minimum Gasteiger partial charge on any atom is -0.493 e. The zero-order chi connectivity index (χ0) is 26.3. The molecule has 1 amide bonds. The number of thiazole rings is 1. The predicted molar refractivity (Wildman–Crippen MR) is 148 cm³/mol. The van der Waals surface area contributed by atoms with Gasteiger partial charge in [0.2, 0.25) is 11.5 Å². The minimum absolute atomic E-state index is 0.0625. The van der Waals surface area contributed by atoms with Crippen LogP contribution in [0.2, 0.25) is 0 Å². The van der Waals surface area contributed by atoms with E-state index < -0.39 is 5.79 Å². The summed E-state index contributed by atoms with van der Waals surface area (Å²) in [5.41, 5.74) is 2.55. The molecule has 1 saturated carbocycles. The monoisotopic (exact) mass is 533 g/mol. The number of methoxy groups -OCH3 is 1. The Kier molecular flexibility index (Phi) is 6.78. The van der Waals surface area contributed by atoms with Crippen molar-refractivity contribution >= 4 is 17.2 Å². The highest BCUT2D eigenvalue weighted by atomic mass is 32.1. The van der Waals surface area contributed by atoms with Gasteiger partial charge in [-0.3, -0.25) is 4.79 Å². The first-order chi connectivity index (χ1) is 18.4. The van der Waals surface area contributed by atoms with E-state index in [-0.39, 0.29) is 11.9 Å².